The van der Waals surface area contributed by atoms with E-state index in [1.54, 1.807) is 25.4 Å². The first-order valence-electron chi connectivity index (χ1n) is 6.29. The van der Waals surface area contributed by atoms with Crippen LogP contribution in [0.4, 0.5) is 5.69 Å². The molecule has 1 aliphatic rings. The summed E-state index contributed by atoms with van der Waals surface area (Å²) < 4.78 is 5.24. The van der Waals surface area contributed by atoms with Gasteiger partial charge >= 0.3 is 0 Å². The number of aromatic nitrogens is 1. The summed E-state index contributed by atoms with van der Waals surface area (Å²) in [6, 6.07) is 3.49. The van der Waals surface area contributed by atoms with Gasteiger partial charge in [0.05, 0.1) is 17.7 Å². The van der Waals surface area contributed by atoms with Crippen molar-refractivity contribution in [2.75, 3.05) is 32.1 Å². The third-order valence-electron chi connectivity index (χ3n) is 3.47. The molecule has 0 radical (unpaired) electrons. The van der Waals surface area contributed by atoms with Gasteiger partial charge < -0.3 is 15.4 Å². The molecule has 1 saturated heterocycles. The van der Waals surface area contributed by atoms with Gasteiger partial charge in [0.25, 0.3) is 0 Å². The van der Waals surface area contributed by atoms with Crippen LogP contribution in [0.2, 0.25) is 5.15 Å². The number of anilines is 1. The number of methoxy groups -OCH3 is 1. The molecule has 0 spiro atoms. The van der Waals surface area contributed by atoms with Crippen LogP contribution in [0, 0.1) is 5.41 Å². The number of halogens is 1. The van der Waals surface area contributed by atoms with E-state index in [9.17, 15) is 4.79 Å². The van der Waals surface area contributed by atoms with Crippen LogP contribution in [0.15, 0.2) is 18.3 Å². The second kappa shape index (κ2) is 6.32. The number of pyridine rings is 1. The molecule has 19 heavy (non-hydrogen) atoms. The van der Waals surface area contributed by atoms with E-state index in [2.05, 4.69) is 15.6 Å². The largest absolute Gasteiger partial charge is 0.384 e. The molecule has 0 atom stereocenters. The van der Waals surface area contributed by atoms with Crippen molar-refractivity contribution in [1.29, 1.82) is 0 Å². The van der Waals surface area contributed by atoms with Crippen molar-refractivity contribution in [1.82, 2.24) is 10.3 Å². The van der Waals surface area contributed by atoms with E-state index in [0.717, 1.165) is 25.9 Å². The molecule has 0 unspecified atom stereocenters. The first-order chi connectivity index (χ1) is 9.18. The number of ether oxygens (including phenoxy) is 1. The lowest BCUT2D eigenvalue weighted by molar-refractivity contribution is -0.130. The molecule has 2 rings (SSSR count). The monoisotopic (exact) mass is 283 g/mol. The van der Waals surface area contributed by atoms with Gasteiger partial charge in [-0.25, -0.2) is 4.98 Å². The maximum absolute atomic E-state index is 12.5. The lowest BCUT2D eigenvalue weighted by Crippen LogP contribution is -2.47. The van der Waals surface area contributed by atoms with E-state index in [1.165, 1.54) is 0 Å². The molecule has 6 heteroatoms. The van der Waals surface area contributed by atoms with Crippen molar-refractivity contribution >= 4 is 23.2 Å². The van der Waals surface area contributed by atoms with Gasteiger partial charge in [-0.1, -0.05) is 11.6 Å². The minimum absolute atomic E-state index is 0.0502. The summed E-state index contributed by atoms with van der Waals surface area (Å²) in [4.78, 5) is 16.5. The maximum atomic E-state index is 12.5. The number of nitrogens with zero attached hydrogens (tertiary/aromatic N) is 1. The van der Waals surface area contributed by atoms with E-state index in [1.807, 2.05) is 0 Å². The number of hydrogen-bond acceptors (Lipinski definition) is 4. The fraction of sp³-hybridized carbons (Fsp3) is 0.538. The van der Waals surface area contributed by atoms with E-state index in [0.29, 0.717) is 17.4 Å². The Labute approximate surface area is 117 Å². The molecular formula is C13H18ClN3O2. The predicted octanol–water partition coefficient (Wildman–Crippen LogP) is 1.69. The van der Waals surface area contributed by atoms with Crippen LogP contribution < -0.4 is 10.6 Å². The molecule has 1 aliphatic heterocycles. The first kappa shape index (κ1) is 14.2. The highest BCUT2D eigenvalue weighted by Gasteiger charge is 2.39. The second-order valence-corrected chi connectivity index (χ2v) is 5.12. The molecule has 2 N–H and O–H groups in total. The van der Waals surface area contributed by atoms with Gasteiger partial charge in [-0.3, -0.25) is 4.79 Å². The zero-order valence-electron chi connectivity index (χ0n) is 10.9. The van der Waals surface area contributed by atoms with E-state index >= 15 is 0 Å². The smallest absolute Gasteiger partial charge is 0.233 e. The topological polar surface area (TPSA) is 63.2 Å². The minimum atomic E-state index is -0.487. The third kappa shape index (κ3) is 3.23. The maximum Gasteiger partial charge on any atom is 0.233 e. The second-order valence-electron chi connectivity index (χ2n) is 4.76. The Morgan fingerprint density at radius 1 is 1.58 bits per heavy atom. The fourth-order valence-corrected chi connectivity index (χ4v) is 2.52. The Morgan fingerprint density at radius 2 is 2.32 bits per heavy atom. The highest BCUT2D eigenvalue weighted by atomic mass is 35.5. The van der Waals surface area contributed by atoms with Crippen LogP contribution in [0.3, 0.4) is 0 Å². The highest BCUT2D eigenvalue weighted by molar-refractivity contribution is 6.32. The molecule has 0 saturated carbocycles. The number of carbonyl (C=O) groups is 1. The number of nitrogens with one attached hydrogen (secondary N) is 2. The zero-order valence-corrected chi connectivity index (χ0v) is 11.7. The van der Waals surface area contributed by atoms with Crippen LogP contribution in [0.25, 0.3) is 0 Å². The van der Waals surface area contributed by atoms with E-state index < -0.39 is 5.41 Å². The summed E-state index contributed by atoms with van der Waals surface area (Å²) in [6.07, 6.45) is 3.10. The van der Waals surface area contributed by atoms with Crippen LogP contribution in [-0.4, -0.2) is 37.7 Å². The third-order valence-corrected chi connectivity index (χ3v) is 3.77. The van der Waals surface area contributed by atoms with Gasteiger partial charge in [0.2, 0.25) is 5.91 Å². The summed E-state index contributed by atoms with van der Waals surface area (Å²) in [7, 11) is 1.62. The lowest BCUT2D eigenvalue weighted by Gasteiger charge is -2.35. The number of carbonyl (C=O) groups excluding carboxylic acids is 1. The number of rotatable bonds is 4. The van der Waals surface area contributed by atoms with Gasteiger partial charge in [-0.05, 0) is 38.1 Å². The summed E-state index contributed by atoms with van der Waals surface area (Å²) in [6.45, 7) is 2.05. The average molecular weight is 284 g/mol. The number of piperidine rings is 1. The zero-order chi connectivity index (χ0) is 13.7. The quantitative estimate of drug-likeness (QED) is 0.826. The van der Waals surface area contributed by atoms with Gasteiger partial charge in [-0.2, -0.15) is 0 Å². The number of amides is 1. The molecule has 2 heterocycles. The summed E-state index contributed by atoms with van der Waals surface area (Å²) in [5.41, 5.74) is 0.0577. The van der Waals surface area contributed by atoms with Crippen molar-refractivity contribution in [2.45, 2.75) is 12.8 Å². The normalized spacial score (nSPS) is 18.0. The Bertz CT molecular complexity index is 442. The van der Waals surface area contributed by atoms with E-state index in [4.69, 9.17) is 16.3 Å². The van der Waals surface area contributed by atoms with Crippen LogP contribution >= 0.6 is 11.6 Å². The van der Waals surface area contributed by atoms with Crippen molar-refractivity contribution in [3.63, 3.8) is 0 Å². The Kier molecular flexibility index (Phi) is 4.74. The van der Waals surface area contributed by atoms with Gasteiger partial charge in [0.1, 0.15) is 0 Å². The fourth-order valence-electron chi connectivity index (χ4n) is 2.35. The Balaban J connectivity index is 2.14. The molecule has 5 nitrogen and oxygen atoms in total. The SMILES string of the molecule is COCC1(C(=O)Nc2cccnc2Cl)CCNCC1. The van der Waals surface area contributed by atoms with Crippen molar-refractivity contribution in [3.8, 4) is 0 Å². The van der Waals surface area contributed by atoms with Crippen molar-refractivity contribution in [3.05, 3.63) is 23.5 Å². The minimum Gasteiger partial charge on any atom is -0.384 e. The molecule has 0 aromatic carbocycles. The van der Waals surface area contributed by atoms with Crippen LogP contribution in [0.1, 0.15) is 12.8 Å². The molecule has 104 valence electrons. The molecule has 1 aromatic rings. The molecule has 1 aromatic heterocycles. The molecule has 0 aliphatic carbocycles. The molecule has 1 fully saturated rings. The Morgan fingerprint density at radius 3 is 2.95 bits per heavy atom. The predicted molar refractivity (Wildman–Crippen MR) is 74.3 cm³/mol. The molecule has 0 bridgehead atoms. The highest BCUT2D eigenvalue weighted by Crippen LogP contribution is 2.31. The van der Waals surface area contributed by atoms with Crippen LogP contribution in [0.5, 0.6) is 0 Å². The summed E-state index contributed by atoms with van der Waals surface area (Å²) >= 11 is 5.96. The van der Waals surface area contributed by atoms with Crippen molar-refractivity contribution < 1.29 is 9.53 Å². The van der Waals surface area contributed by atoms with Crippen molar-refractivity contribution in [2.24, 2.45) is 5.41 Å². The molecular weight excluding hydrogens is 266 g/mol. The van der Waals surface area contributed by atoms with Gasteiger partial charge in [0, 0.05) is 13.3 Å². The summed E-state index contributed by atoms with van der Waals surface area (Å²) in [5.74, 6) is -0.0502. The number of hydrogen-bond donors (Lipinski definition) is 2. The summed E-state index contributed by atoms with van der Waals surface area (Å²) in [5, 5.41) is 6.42. The Hall–Kier alpha value is -1.17. The van der Waals surface area contributed by atoms with Gasteiger partial charge in [-0.15, -0.1) is 0 Å². The van der Waals surface area contributed by atoms with E-state index in [-0.39, 0.29) is 5.91 Å². The van der Waals surface area contributed by atoms with Crippen LogP contribution in [-0.2, 0) is 9.53 Å². The lowest BCUT2D eigenvalue weighted by atomic mass is 9.78. The molecule has 1 amide bonds. The average Bonchev–Trinajstić information content (AvgIpc) is 2.42. The van der Waals surface area contributed by atoms with Gasteiger partial charge in [0.15, 0.2) is 5.15 Å². The standard InChI is InChI=1S/C13H18ClN3O2/c1-19-9-13(4-7-15-8-5-13)12(18)17-10-3-2-6-16-11(10)14/h2-3,6,15H,4-5,7-9H2,1H3,(H,17,18). The first-order valence-corrected chi connectivity index (χ1v) is 6.67.